The summed E-state index contributed by atoms with van der Waals surface area (Å²) in [5, 5.41) is 17.8. The van der Waals surface area contributed by atoms with E-state index in [4.69, 9.17) is 5.11 Å². The summed E-state index contributed by atoms with van der Waals surface area (Å²) in [6.07, 6.45) is 1.38. The van der Waals surface area contributed by atoms with E-state index in [0.29, 0.717) is 11.3 Å². The molecule has 0 fully saturated rings. The van der Waals surface area contributed by atoms with Gasteiger partial charge in [-0.2, -0.15) is 5.10 Å². The minimum absolute atomic E-state index is 0.319. The monoisotopic (exact) mass is 259 g/mol. The smallest absolute Gasteiger partial charge is 0.325 e. The van der Waals surface area contributed by atoms with Crippen molar-refractivity contribution in [1.29, 1.82) is 0 Å². The minimum Gasteiger partial charge on any atom is -0.480 e. The van der Waals surface area contributed by atoms with Gasteiger partial charge in [-0.25, -0.2) is 0 Å². The first-order chi connectivity index (χ1) is 9.09. The van der Waals surface area contributed by atoms with Crippen molar-refractivity contribution in [2.75, 3.05) is 0 Å². The summed E-state index contributed by atoms with van der Waals surface area (Å²) >= 11 is 0. The highest BCUT2D eigenvalue weighted by Gasteiger charge is 2.19. The van der Waals surface area contributed by atoms with Crippen LogP contribution >= 0.6 is 0 Å². The molecule has 98 valence electrons. The highest BCUT2D eigenvalue weighted by atomic mass is 16.4. The molecule has 0 aliphatic rings. The number of nitrogens with zero attached hydrogens (tertiary/aromatic N) is 1. The lowest BCUT2D eigenvalue weighted by atomic mass is 10.1. The summed E-state index contributed by atoms with van der Waals surface area (Å²) in [4.78, 5) is 22.7. The van der Waals surface area contributed by atoms with Gasteiger partial charge in [-0.15, -0.1) is 0 Å². The summed E-state index contributed by atoms with van der Waals surface area (Å²) in [5.41, 5.74) is 1.70. The topological polar surface area (TPSA) is 95.1 Å². The van der Waals surface area contributed by atoms with Gasteiger partial charge in [-0.3, -0.25) is 14.7 Å². The molecule has 0 unspecified atom stereocenters. The molecule has 1 amide bonds. The highest BCUT2D eigenvalue weighted by Crippen LogP contribution is 2.20. The second-order valence-electron chi connectivity index (χ2n) is 4.06. The third kappa shape index (κ3) is 2.79. The van der Waals surface area contributed by atoms with Gasteiger partial charge in [0, 0.05) is 5.56 Å². The van der Waals surface area contributed by atoms with E-state index in [1.165, 1.54) is 13.1 Å². The number of carbonyl (C=O) groups excluding carboxylic acids is 1. The first-order valence-corrected chi connectivity index (χ1v) is 5.72. The van der Waals surface area contributed by atoms with Crippen LogP contribution in [0.2, 0.25) is 0 Å². The van der Waals surface area contributed by atoms with E-state index in [1.807, 2.05) is 30.3 Å². The molecule has 0 bridgehead atoms. The van der Waals surface area contributed by atoms with E-state index in [0.717, 1.165) is 5.56 Å². The number of carboxylic acid groups (broad SMARTS) is 1. The van der Waals surface area contributed by atoms with E-state index in [2.05, 4.69) is 15.5 Å². The first-order valence-electron chi connectivity index (χ1n) is 5.72. The summed E-state index contributed by atoms with van der Waals surface area (Å²) < 4.78 is 0. The van der Waals surface area contributed by atoms with Crippen LogP contribution < -0.4 is 5.32 Å². The predicted molar refractivity (Wildman–Crippen MR) is 68.6 cm³/mol. The lowest BCUT2D eigenvalue weighted by molar-refractivity contribution is -0.138. The van der Waals surface area contributed by atoms with Crippen LogP contribution in [0.4, 0.5) is 0 Å². The molecule has 0 saturated heterocycles. The molecule has 0 saturated carbocycles. The first kappa shape index (κ1) is 12.8. The molecule has 2 aromatic rings. The Bertz CT molecular complexity index is 592. The maximum absolute atomic E-state index is 12.0. The molecule has 0 radical (unpaired) electrons. The summed E-state index contributed by atoms with van der Waals surface area (Å²) in [5.74, 6) is -1.55. The summed E-state index contributed by atoms with van der Waals surface area (Å²) in [6, 6.07) is 8.28. The van der Waals surface area contributed by atoms with Gasteiger partial charge in [0.2, 0.25) is 0 Å². The molecule has 1 aromatic heterocycles. The van der Waals surface area contributed by atoms with Crippen molar-refractivity contribution in [3.8, 4) is 11.3 Å². The summed E-state index contributed by atoms with van der Waals surface area (Å²) in [6.45, 7) is 1.41. The van der Waals surface area contributed by atoms with Crippen LogP contribution in [-0.4, -0.2) is 33.2 Å². The SMILES string of the molecule is C[C@H](NC(=O)c1cn[nH]c1-c1ccccc1)C(=O)O. The lowest BCUT2D eigenvalue weighted by Crippen LogP contribution is -2.38. The number of amides is 1. The standard InChI is InChI=1S/C13H13N3O3/c1-8(13(18)19)15-12(17)10-7-14-16-11(10)9-5-3-2-4-6-9/h2-8H,1H3,(H,14,16)(H,15,17)(H,18,19)/t8-/m0/s1. The number of benzene rings is 1. The van der Waals surface area contributed by atoms with E-state index in [-0.39, 0.29) is 0 Å². The molecule has 1 aromatic carbocycles. The lowest BCUT2D eigenvalue weighted by Gasteiger charge is -2.09. The van der Waals surface area contributed by atoms with Gasteiger partial charge in [0.1, 0.15) is 6.04 Å². The van der Waals surface area contributed by atoms with Gasteiger partial charge in [-0.05, 0) is 6.92 Å². The molecule has 2 rings (SSSR count). The molecule has 6 heteroatoms. The number of carbonyl (C=O) groups is 2. The predicted octanol–water partition coefficient (Wildman–Crippen LogP) is 1.28. The molecular weight excluding hydrogens is 246 g/mol. The molecule has 1 atom stereocenters. The molecule has 3 N–H and O–H groups in total. The zero-order valence-electron chi connectivity index (χ0n) is 10.3. The molecule has 6 nitrogen and oxygen atoms in total. The Balaban J connectivity index is 2.25. The Morgan fingerprint density at radius 1 is 1.32 bits per heavy atom. The van der Waals surface area contributed by atoms with Crippen LogP contribution in [0, 0.1) is 0 Å². The molecule has 0 spiro atoms. The van der Waals surface area contributed by atoms with Crippen LogP contribution in [0.15, 0.2) is 36.5 Å². The second kappa shape index (κ2) is 5.34. The van der Waals surface area contributed by atoms with Crippen molar-refractivity contribution in [1.82, 2.24) is 15.5 Å². The largest absolute Gasteiger partial charge is 0.480 e. The molecule has 0 aliphatic heterocycles. The van der Waals surface area contributed by atoms with Crippen molar-refractivity contribution >= 4 is 11.9 Å². The highest BCUT2D eigenvalue weighted by molar-refractivity contribution is 6.01. The van der Waals surface area contributed by atoms with Crippen LogP contribution in [0.1, 0.15) is 17.3 Å². The van der Waals surface area contributed by atoms with Gasteiger partial charge in [0.15, 0.2) is 0 Å². The second-order valence-corrected chi connectivity index (χ2v) is 4.06. The van der Waals surface area contributed by atoms with Crippen LogP contribution in [0.3, 0.4) is 0 Å². The van der Waals surface area contributed by atoms with Crippen LogP contribution in [0.25, 0.3) is 11.3 Å². The van der Waals surface area contributed by atoms with Gasteiger partial charge in [-0.1, -0.05) is 30.3 Å². The minimum atomic E-state index is -1.09. The van der Waals surface area contributed by atoms with Gasteiger partial charge in [0.05, 0.1) is 17.5 Å². The van der Waals surface area contributed by atoms with E-state index in [1.54, 1.807) is 0 Å². The Morgan fingerprint density at radius 3 is 2.63 bits per heavy atom. The number of hydrogen-bond donors (Lipinski definition) is 3. The van der Waals surface area contributed by atoms with E-state index < -0.39 is 17.9 Å². The maximum Gasteiger partial charge on any atom is 0.325 e. The van der Waals surface area contributed by atoms with Gasteiger partial charge < -0.3 is 10.4 Å². The quantitative estimate of drug-likeness (QED) is 0.770. The summed E-state index contributed by atoms with van der Waals surface area (Å²) in [7, 11) is 0. The van der Waals surface area contributed by atoms with Crippen LogP contribution in [-0.2, 0) is 4.79 Å². The number of H-pyrrole nitrogens is 1. The average molecular weight is 259 g/mol. The third-order valence-electron chi connectivity index (χ3n) is 2.66. The van der Waals surface area contributed by atoms with Crippen LogP contribution in [0.5, 0.6) is 0 Å². The number of aliphatic carboxylic acids is 1. The molecular formula is C13H13N3O3. The number of aromatic nitrogens is 2. The zero-order chi connectivity index (χ0) is 13.8. The van der Waals surface area contributed by atoms with Gasteiger partial charge >= 0.3 is 5.97 Å². The fraction of sp³-hybridized carbons (Fsp3) is 0.154. The Hall–Kier alpha value is -2.63. The van der Waals surface area contributed by atoms with Crippen molar-refractivity contribution in [3.63, 3.8) is 0 Å². The van der Waals surface area contributed by atoms with Crippen molar-refractivity contribution in [2.24, 2.45) is 0 Å². The fourth-order valence-corrected chi connectivity index (χ4v) is 1.62. The fourth-order valence-electron chi connectivity index (χ4n) is 1.62. The third-order valence-corrected chi connectivity index (χ3v) is 2.66. The number of rotatable bonds is 4. The van der Waals surface area contributed by atoms with E-state index in [9.17, 15) is 9.59 Å². The van der Waals surface area contributed by atoms with Gasteiger partial charge in [0.25, 0.3) is 5.91 Å². The van der Waals surface area contributed by atoms with Crippen molar-refractivity contribution < 1.29 is 14.7 Å². The molecule has 1 heterocycles. The number of hydrogen-bond acceptors (Lipinski definition) is 3. The Labute approximate surface area is 109 Å². The zero-order valence-corrected chi connectivity index (χ0v) is 10.3. The van der Waals surface area contributed by atoms with Crippen molar-refractivity contribution in [3.05, 3.63) is 42.1 Å². The van der Waals surface area contributed by atoms with E-state index >= 15 is 0 Å². The Morgan fingerprint density at radius 2 is 2.00 bits per heavy atom. The average Bonchev–Trinajstić information content (AvgIpc) is 2.88. The normalized spacial score (nSPS) is 11.8. The van der Waals surface area contributed by atoms with Crippen molar-refractivity contribution in [2.45, 2.75) is 13.0 Å². The maximum atomic E-state index is 12.0. The Kier molecular flexibility index (Phi) is 3.61. The number of carboxylic acids is 1. The number of nitrogens with one attached hydrogen (secondary N) is 2. The number of aromatic amines is 1. The molecule has 19 heavy (non-hydrogen) atoms. The molecule has 0 aliphatic carbocycles.